The Morgan fingerprint density at radius 3 is 2.22 bits per heavy atom. The van der Waals surface area contributed by atoms with Crippen molar-refractivity contribution in [3.63, 3.8) is 0 Å². The van der Waals surface area contributed by atoms with Crippen molar-refractivity contribution in [3.8, 4) is 0 Å². The van der Waals surface area contributed by atoms with Gasteiger partial charge in [0.15, 0.2) is 0 Å². The van der Waals surface area contributed by atoms with Crippen molar-refractivity contribution in [2.24, 2.45) is 23.7 Å². The highest BCUT2D eigenvalue weighted by Gasteiger charge is 2.60. The van der Waals surface area contributed by atoms with E-state index in [0.29, 0.717) is 23.1 Å². The summed E-state index contributed by atoms with van der Waals surface area (Å²) < 4.78 is 4.63. The molecule has 7 heteroatoms. The molecule has 2 aliphatic carbocycles. The number of rotatable bonds is 5. The number of esters is 1. The number of likely N-dealkylation sites (tertiary alicyclic amines) is 1. The van der Waals surface area contributed by atoms with Crippen molar-refractivity contribution < 1.29 is 23.9 Å². The summed E-state index contributed by atoms with van der Waals surface area (Å²) in [7, 11) is 1.30. The number of benzene rings is 1. The SMILES string of the molecule is COC(=O)c1ccc(NC(=O)CCN2C(=O)[C@@H]3[C@@H]4CC[C@@H](C4)[C@@H]3C2=O)cc1. The Bertz CT molecular complexity index is 775. The lowest BCUT2D eigenvalue weighted by molar-refractivity contribution is -0.140. The first kappa shape index (κ1) is 17.7. The van der Waals surface area contributed by atoms with E-state index in [1.807, 2.05) is 0 Å². The second-order valence-electron chi connectivity index (χ2n) is 7.58. The van der Waals surface area contributed by atoms with Crippen LogP contribution in [-0.4, -0.2) is 42.2 Å². The molecule has 2 saturated carbocycles. The lowest BCUT2D eigenvalue weighted by atomic mass is 9.81. The first-order chi connectivity index (χ1) is 13.0. The summed E-state index contributed by atoms with van der Waals surface area (Å²) >= 11 is 0. The third-order valence-electron chi connectivity index (χ3n) is 6.17. The molecule has 1 aromatic rings. The molecule has 0 unspecified atom stereocenters. The third kappa shape index (κ3) is 3.01. The van der Waals surface area contributed by atoms with E-state index in [4.69, 9.17) is 0 Å². The molecule has 7 nitrogen and oxygen atoms in total. The van der Waals surface area contributed by atoms with Crippen molar-refractivity contribution in [1.29, 1.82) is 0 Å². The summed E-state index contributed by atoms with van der Waals surface area (Å²) in [5.41, 5.74) is 0.937. The standard InChI is InChI=1S/C20H22N2O5/c1-27-20(26)11-4-6-14(7-5-11)21-15(23)8-9-22-18(24)16-12-2-3-13(10-12)17(16)19(22)25/h4-7,12-13,16-17H,2-3,8-10H2,1H3,(H,21,23)/t12-,13+,16-,17+. The van der Waals surface area contributed by atoms with Crippen LogP contribution in [0.25, 0.3) is 0 Å². The van der Waals surface area contributed by atoms with Gasteiger partial charge >= 0.3 is 5.97 Å². The van der Waals surface area contributed by atoms with Crippen molar-refractivity contribution in [1.82, 2.24) is 4.90 Å². The zero-order valence-electron chi connectivity index (χ0n) is 15.1. The zero-order chi connectivity index (χ0) is 19.1. The van der Waals surface area contributed by atoms with Gasteiger partial charge in [-0.05, 0) is 55.4 Å². The van der Waals surface area contributed by atoms with Crippen LogP contribution in [0.1, 0.15) is 36.0 Å². The van der Waals surface area contributed by atoms with E-state index in [1.54, 1.807) is 24.3 Å². The minimum Gasteiger partial charge on any atom is -0.465 e. The molecule has 1 aromatic carbocycles. The Morgan fingerprint density at radius 2 is 1.67 bits per heavy atom. The minimum absolute atomic E-state index is 0.0605. The summed E-state index contributed by atoms with van der Waals surface area (Å²) in [5.74, 6) is -0.498. The number of carbonyl (C=O) groups is 4. The number of ether oxygens (including phenoxy) is 1. The van der Waals surface area contributed by atoms with Gasteiger partial charge in [0.2, 0.25) is 17.7 Å². The number of nitrogens with zero attached hydrogens (tertiary/aromatic N) is 1. The van der Waals surface area contributed by atoms with Gasteiger partial charge in [0.1, 0.15) is 0 Å². The molecule has 1 aliphatic heterocycles. The maximum absolute atomic E-state index is 12.6. The minimum atomic E-state index is -0.446. The molecule has 1 heterocycles. The molecule has 0 spiro atoms. The average molecular weight is 370 g/mol. The first-order valence-electron chi connectivity index (χ1n) is 9.33. The van der Waals surface area contributed by atoms with E-state index in [1.165, 1.54) is 12.0 Å². The number of anilines is 1. The normalized spacial score (nSPS) is 28.4. The molecule has 2 bridgehead atoms. The summed E-state index contributed by atoms with van der Waals surface area (Å²) in [6, 6.07) is 6.34. The maximum Gasteiger partial charge on any atom is 0.337 e. The molecule has 3 fully saturated rings. The predicted molar refractivity (Wildman–Crippen MR) is 95.6 cm³/mol. The van der Waals surface area contributed by atoms with E-state index < -0.39 is 5.97 Å². The van der Waals surface area contributed by atoms with Crippen LogP contribution in [0.15, 0.2) is 24.3 Å². The highest BCUT2D eigenvalue weighted by molar-refractivity contribution is 6.06. The fourth-order valence-corrected chi connectivity index (χ4v) is 4.94. The van der Waals surface area contributed by atoms with E-state index >= 15 is 0 Å². The van der Waals surface area contributed by atoms with Crippen molar-refractivity contribution in [3.05, 3.63) is 29.8 Å². The van der Waals surface area contributed by atoms with Gasteiger partial charge in [0.25, 0.3) is 0 Å². The summed E-state index contributed by atoms with van der Waals surface area (Å²) in [5, 5.41) is 2.72. The van der Waals surface area contributed by atoms with Crippen molar-refractivity contribution in [2.75, 3.05) is 19.0 Å². The first-order valence-corrected chi connectivity index (χ1v) is 9.33. The van der Waals surface area contributed by atoms with Crippen molar-refractivity contribution in [2.45, 2.75) is 25.7 Å². The van der Waals surface area contributed by atoms with Gasteiger partial charge < -0.3 is 10.1 Å². The summed E-state index contributed by atoms with van der Waals surface area (Å²) in [6.07, 6.45) is 3.15. The Labute approximate surface area is 157 Å². The van der Waals surface area contributed by atoms with Gasteiger partial charge in [-0.25, -0.2) is 4.79 Å². The molecule has 0 aromatic heterocycles. The number of amides is 3. The van der Waals surface area contributed by atoms with Crippen LogP contribution in [0.2, 0.25) is 0 Å². The number of imide groups is 1. The quantitative estimate of drug-likeness (QED) is 0.631. The Hall–Kier alpha value is -2.70. The molecule has 3 aliphatic rings. The second-order valence-corrected chi connectivity index (χ2v) is 7.58. The molecule has 142 valence electrons. The van der Waals surface area contributed by atoms with E-state index in [0.717, 1.165) is 19.3 Å². The lowest BCUT2D eigenvalue weighted by Gasteiger charge is -2.19. The number of carbonyl (C=O) groups excluding carboxylic acids is 4. The molecule has 3 amide bonds. The van der Waals surface area contributed by atoms with Crippen LogP contribution in [0.5, 0.6) is 0 Å². The fourth-order valence-electron chi connectivity index (χ4n) is 4.94. The molecular weight excluding hydrogens is 348 g/mol. The molecule has 4 atom stereocenters. The van der Waals surface area contributed by atoms with Gasteiger partial charge in [-0.15, -0.1) is 0 Å². The molecule has 1 N–H and O–H groups in total. The van der Waals surface area contributed by atoms with Crippen LogP contribution < -0.4 is 5.32 Å². The monoisotopic (exact) mass is 370 g/mol. The molecule has 1 saturated heterocycles. The third-order valence-corrected chi connectivity index (χ3v) is 6.17. The van der Waals surface area contributed by atoms with Gasteiger partial charge in [-0.1, -0.05) is 0 Å². The Kier molecular flexibility index (Phi) is 4.45. The fraction of sp³-hybridized carbons (Fsp3) is 0.500. The van der Waals surface area contributed by atoms with E-state index in [2.05, 4.69) is 10.1 Å². The van der Waals surface area contributed by atoms with Gasteiger partial charge in [-0.3, -0.25) is 19.3 Å². The topological polar surface area (TPSA) is 92.8 Å². The number of hydrogen-bond acceptors (Lipinski definition) is 5. The van der Waals surface area contributed by atoms with Crippen LogP contribution in [0, 0.1) is 23.7 Å². The highest BCUT2D eigenvalue weighted by Crippen LogP contribution is 2.56. The largest absolute Gasteiger partial charge is 0.465 e. The lowest BCUT2D eigenvalue weighted by Crippen LogP contribution is -2.35. The Balaban J connectivity index is 1.32. The van der Waals surface area contributed by atoms with Crippen LogP contribution in [-0.2, 0) is 19.1 Å². The van der Waals surface area contributed by atoms with Crippen LogP contribution >= 0.6 is 0 Å². The molecule has 4 rings (SSSR count). The molecule has 0 radical (unpaired) electrons. The predicted octanol–water partition coefficient (Wildman–Crippen LogP) is 1.83. The maximum atomic E-state index is 12.6. The van der Waals surface area contributed by atoms with Crippen LogP contribution in [0.3, 0.4) is 0 Å². The highest BCUT2D eigenvalue weighted by atomic mass is 16.5. The molecule has 27 heavy (non-hydrogen) atoms. The number of nitrogens with one attached hydrogen (secondary N) is 1. The Morgan fingerprint density at radius 1 is 1.07 bits per heavy atom. The smallest absolute Gasteiger partial charge is 0.337 e. The van der Waals surface area contributed by atoms with Crippen molar-refractivity contribution >= 4 is 29.4 Å². The molecular formula is C20H22N2O5. The number of fused-ring (bicyclic) bond motifs is 5. The van der Waals surface area contributed by atoms with Gasteiger partial charge in [0.05, 0.1) is 24.5 Å². The number of methoxy groups -OCH3 is 1. The summed E-state index contributed by atoms with van der Waals surface area (Å²) in [4.78, 5) is 50.1. The van der Waals surface area contributed by atoms with E-state index in [-0.39, 0.29) is 42.5 Å². The zero-order valence-corrected chi connectivity index (χ0v) is 15.1. The van der Waals surface area contributed by atoms with Gasteiger partial charge in [0, 0.05) is 18.7 Å². The summed E-state index contributed by atoms with van der Waals surface area (Å²) in [6.45, 7) is 0.121. The van der Waals surface area contributed by atoms with Crippen LogP contribution in [0.4, 0.5) is 5.69 Å². The number of hydrogen-bond donors (Lipinski definition) is 1. The van der Waals surface area contributed by atoms with E-state index in [9.17, 15) is 19.2 Å². The average Bonchev–Trinajstić information content (AvgIpc) is 3.35. The van der Waals surface area contributed by atoms with Gasteiger partial charge in [-0.2, -0.15) is 0 Å². The second kappa shape index (κ2) is 6.79.